The Labute approximate surface area is 239 Å². The molecule has 0 amide bonds. The van der Waals surface area contributed by atoms with Crippen molar-refractivity contribution in [2.75, 3.05) is 0 Å². The van der Waals surface area contributed by atoms with Crippen LogP contribution in [0.4, 0.5) is 0 Å². The molecule has 0 fully saturated rings. The van der Waals surface area contributed by atoms with E-state index in [0.717, 1.165) is 0 Å². The van der Waals surface area contributed by atoms with E-state index in [4.69, 9.17) is 0 Å². The highest BCUT2D eigenvalue weighted by Gasteiger charge is 2.32. The molecule has 2 aliphatic rings. The highest BCUT2D eigenvalue weighted by atomic mass is 32.1. The minimum Gasteiger partial charge on any atom is -0.135 e. The first-order chi connectivity index (χ1) is 19.8. The number of hydrogen-bond donors (Lipinski definition) is 0. The molecule has 0 spiro atoms. The summed E-state index contributed by atoms with van der Waals surface area (Å²) in [5.41, 5.74) is 10.9. The molecule has 10 rings (SSSR count). The second-order valence-electron chi connectivity index (χ2n) is 10.9. The molecule has 40 heavy (non-hydrogen) atoms. The van der Waals surface area contributed by atoms with E-state index in [9.17, 15) is 0 Å². The molecule has 6 aromatic carbocycles. The fraction of sp³-hybridized carbons (Fsp3) is 0. The van der Waals surface area contributed by atoms with Crippen molar-refractivity contribution in [1.29, 1.82) is 0 Å². The summed E-state index contributed by atoms with van der Waals surface area (Å²) in [6, 6.07) is 45.3. The van der Waals surface area contributed by atoms with Crippen molar-refractivity contribution >= 4 is 55.0 Å². The maximum atomic E-state index is 2.42. The number of fused-ring (bicyclic) bond motifs is 8. The van der Waals surface area contributed by atoms with Crippen LogP contribution in [0.1, 0.15) is 0 Å². The SMILES string of the molecule is c1ccc2cc(-c3cc4c(s3)-c3ccc5c6c(ccc-4c36)-c3sc(-c4ccc6ccccc6c4)cc3-5)ccc2c1. The average molecular weight is 541 g/mol. The quantitative estimate of drug-likeness (QED) is 0.204. The lowest BCUT2D eigenvalue weighted by Crippen LogP contribution is -1.80. The fourth-order valence-corrected chi connectivity index (χ4v) is 9.28. The normalized spacial score (nSPS) is 12.5. The van der Waals surface area contributed by atoms with Gasteiger partial charge in [-0.2, -0.15) is 0 Å². The van der Waals surface area contributed by atoms with Crippen LogP contribution in [0.2, 0.25) is 0 Å². The molecule has 2 heteroatoms. The molecule has 0 aliphatic heterocycles. The van der Waals surface area contributed by atoms with Gasteiger partial charge in [0, 0.05) is 41.8 Å². The Morgan fingerprint density at radius 1 is 0.325 bits per heavy atom. The summed E-state index contributed by atoms with van der Waals surface area (Å²) >= 11 is 3.87. The fourth-order valence-electron chi connectivity index (χ4n) is 6.87. The number of benzene rings is 6. The van der Waals surface area contributed by atoms with Crippen LogP contribution >= 0.6 is 22.7 Å². The van der Waals surface area contributed by atoms with E-state index < -0.39 is 0 Å². The first-order valence-corrected chi connectivity index (χ1v) is 15.3. The maximum absolute atomic E-state index is 2.42. The van der Waals surface area contributed by atoms with Crippen molar-refractivity contribution in [2.45, 2.75) is 0 Å². The zero-order chi connectivity index (χ0) is 25.9. The number of rotatable bonds is 2. The van der Waals surface area contributed by atoms with Crippen molar-refractivity contribution in [3.8, 4) is 64.0 Å². The van der Waals surface area contributed by atoms with Crippen LogP contribution in [0, 0.1) is 0 Å². The first kappa shape index (κ1) is 21.3. The molecule has 2 aromatic heterocycles. The van der Waals surface area contributed by atoms with Gasteiger partial charge in [0.25, 0.3) is 0 Å². The van der Waals surface area contributed by atoms with Gasteiger partial charge in [-0.15, -0.1) is 22.7 Å². The summed E-state index contributed by atoms with van der Waals surface area (Å²) < 4.78 is 0. The van der Waals surface area contributed by atoms with E-state index in [0.29, 0.717) is 0 Å². The van der Waals surface area contributed by atoms with Crippen LogP contribution in [0.3, 0.4) is 0 Å². The lowest BCUT2D eigenvalue weighted by molar-refractivity contribution is 1.73. The van der Waals surface area contributed by atoms with Gasteiger partial charge in [-0.25, -0.2) is 0 Å². The van der Waals surface area contributed by atoms with Crippen molar-refractivity contribution in [3.05, 3.63) is 121 Å². The second kappa shape index (κ2) is 7.57. The zero-order valence-electron chi connectivity index (χ0n) is 21.4. The molecule has 0 nitrogen and oxygen atoms in total. The van der Waals surface area contributed by atoms with Crippen LogP contribution in [0.5, 0.6) is 0 Å². The lowest BCUT2D eigenvalue weighted by Gasteiger charge is -2.08. The van der Waals surface area contributed by atoms with Gasteiger partial charge in [-0.05, 0) is 78.8 Å². The smallest absolute Gasteiger partial charge is 0.0434 e. The molecule has 2 aliphatic carbocycles. The average Bonchev–Trinajstić information content (AvgIpc) is 3.76. The van der Waals surface area contributed by atoms with Gasteiger partial charge in [0.15, 0.2) is 0 Å². The van der Waals surface area contributed by atoms with Crippen LogP contribution in [0.15, 0.2) is 121 Å². The number of hydrogen-bond acceptors (Lipinski definition) is 2. The van der Waals surface area contributed by atoms with Crippen LogP contribution in [0.25, 0.3) is 96.3 Å². The second-order valence-corrected chi connectivity index (χ2v) is 13.0. The molecule has 184 valence electrons. The monoisotopic (exact) mass is 540 g/mol. The third-order valence-corrected chi connectivity index (χ3v) is 11.2. The van der Waals surface area contributed by atoms with Gasteiger partial charge in [0.05, 0.1) is 0 Å². The molecule has 0 saturated carbocycles. The van der Waals surface area contributed by atoms with Gasteiger partial charge in [-0.1, -0.05) is 97.1 Å². The van der Waals surface area contributed by atoms with Crippen molar-refractivity contribution in [2.24, 2.45) is 0 Å². The Morgan fingerprint density at radius 3 is 1.23 bits per heavy atom. The molecule has 0 N–H and O–H groups in total. The number of thiophene rings is 2. The van der Waals surface area contributed by atoms with E-state index in [1.807, 2.05) is 22.7 Å². The Hall–Kier alpha value is -4.50. The summed E-state index contributed by atoms with van der Waals surface area (Å²) in [7, 11) is 0. The third kappa shape index (κ3) is 2.75. The molecule has 0 unspecified atom stereocenters. The molecular formula is C38H20S2. The van der Waals surface area contributed by atoms with E-state index in [1.165, 1.54) is 96.3 Å². The predicted molar refractivity (Wildman–Crippen MR) is 174 cm³/mol. The summed E-state index contributed by atoms with van der Waals surface area (Å²) in [5.74, 6) is 0. The van der Waals surface area contributed by atoms with E-state index in [2.05, 4.69) is 121 Å². The standard InChI is InChI=1S/C38H20S2/c1-3-7-23-17-25(11-9-21(23)5-1)33-19-31-27-13-16-30-36-28(14-15-29(35(27)36)37(31)39-33)32-20-34(40-38(30)32)26-12-10-22-6-2-4-8-24(22)18-26/h1-20H. The van der Waals surface area contributed by atoms with E-state index >= 15 is 0 Å². The lowest BCUT2D eigenvalue weighted by atomic mass is 9.97. The van der Waals surface area contributed by atoms with E-state index in [1.54, 1.807) is 0 Å². The predicted octanol–water partition coefficient (Wildman–Crippen LogP) is 11.9. The largest absolute Gasteiger partial charge is 0.135 e. The molecule has 0 saturated heterocycles. The van der Waals surface area contributed by atoms with Gasteiger partial charge < -0.3 is 0 Å². The molecule has 2 heterocycles. The van der Waals surface area contributed by atoms with Gasteiger partial charge in [-0.3, -0.25) is 0 Å². The Bertz CT molecular complexity index is 2130. The molecule has 8 aromatic rings. The minimum absolute atomic E-state index is 1.29. The Kier molecular flexibility index (Phi) is 4.04. The third-order valence-electron chi connectivity index (χ3n) is 8.76. The molecule has 0 radical (unpaired) electrons. The van der Waals surface area contributed by atoms with Gasteiger partial charge in [0.1, 0.15) is 0 Å². The first-order valence-electron chi connectivity index (χ1n) is 13.7. The summed E-state index contributed by atoms with van der Waals surface area (Å²) in [5, 5.41) is 8.06. The zero-order valence-corrected chi connectivity index (χ0v) is 23.0. The van der Waals surface area contributed by atoms with Crippen molar-refractivity contribution in [3.63, 3.8) is 0 Å². The molecule has 0 atom stereocenters. The molecular weight excluding hydrogens is 521 g/mol. The summed E-state index contributed by atoms with van der Waals surface area (Å²) in [4.78, 5) is 5.51. The Morgan fingerprint density at radius 2 is 0.750 bits per heavy atom. The van der Waals surface area contributed by atoms with Gasteiger partial charge in [0.2, 0.25) is 0 Å². The summed E-state index contributed by atoms with van der Waals surface area (Å²) in [6.45, 7) is 0. The Balaban J connectivity index is 1.10. The van der Waals surface area contributed by atoms with Crippen molar-refractivity contribution in [1.82, 2.24) is 0 Å². The van der Waals surface area contributed by atoms with Gasteiger partial charge >= 0.3 is 0 Å². The summed E-state index contributed by atoms with van der Waals surface area (Å²) in [6.07, 6.45) is 0. The van der Waals surface area contributed by atoms with Crippen molar-refractivity contribution < 1.29 is 0 Å². The minimum atomic E-state index is 1.29. The molecule has 0 bridgehead atoms. The highest BCUT2D eigenvalue weighted by molar-refractivity contribution is 7.20. The highest BCUT2D eigenvalue weighted by Crippen LogP contribution is 2.60. The van der Waals surface area contributed by atoms with Crippen LogP contribution < -0.4 is 0 Å². The van der Waals surface area contributed by atoms with Crippen LogP contribution in [-0.4, -0.2) is 0 Å². The maximum Gasteiger partial charge on any atom is 0.0434 e. The van der Waals surface area contributed by atoms with Crippen LogP contribution in [-0.2, 0) is 0 Å². The van der Waals surface area contributed by atoms with E-state index in [-0.39, 0.29) is 0 Å². The topological polar surface area (TPSA) is 0 Å².